The number of hydrogen-bond acceptors (Lipinski definition) is 5. The topological polar surface area (TPSA) is 70.1 Å². The summed E-state index contributed by atoms with van der Waals surface area (Å²) >= 11 is 0. The lowest BCUT2D eigenvalue weighted by atomic mass is 9.79. The molecule has 0 aromatic carbocycles. The van der Waals surface area contributed by atoms with Crippen LogP contribution in [0.2, 0.25) is 0 Å². The molecule has 0 amide bonds. The van der Waals surface area contributed by atoms with E-state index in [4.69, 9.17) is 0 Å². The van der Waals surface area contributed by atoms with Gasteiger partial charge in [-0.15, -0.1) is 0 Å². The summed E-state index contributed by atoms with van der Waals surface area (Å²) in [6.07, 6.45) is 5.59. The highest BCUT2D eigenvalue weighted by molar-refractivity contribution is 5.56. The summed E-state index contributed by atoms with van der Waals surface area (Å²) in [6.45, 7) is 4.74. The molecule has 1 saturated carbocycles. The normalized spacial score (nSPS) is 27.1. The van der Waals surface area contributed by atoms with Crippen LogP contribution in [0, 0.1) is 12.8 Å². The summed E-state index contributed by atoms with van der Waals surface area (Å²) in [7, 11) is 1.84. The van der Waals surface area contributed by atoms with Crippen LogP contribution in [-0.4, -0.2) is 34.3 Å². The number of rotatable bonds is 4. The van der Waals surface area contributed by atoms with Crippen molar-refractivity contribution in [1.82, 2.24) is 9.97 Å². The fourth-order valence-electron chi connectivity index (χ4n) is 2.92. The van der Waals surface area contributed by atoms with Gasteiger partial charge in [0.25, 0.3) is 0 Å². The van der Waals surface area contributed by atoms with Crippen molar-refractivity contribution in [3.8, 4) is 0 Å². The van der Waals surface area contributed by atoms with Crippen LogP contribution < -0.4 is 10.6 Å². The Morgan fingerprint density at radius 3 is 2.84 bits per heavy atom. The summed E-state index contributed by atoms with van der Waals surface area (Å²) in [4.78, 5) is 8.40. The van der Waals surface area contributed by atoms with E-state index in [2.05, 4.69) is 27.5 Å². The van der Waals surface area contributed by atoms with E-state index >= 15 is 0 Å². The van der Waals surface area contributed by atoms with Gasteiger partial charge in [0.2, 0.25) is 0 Å². The van der Waals surface area contributed by atoms with Crippen molar-refractivity contribution in [1.29, 1.82) is 0 Å². The highest BCUT2D eigenvalue weighted by Crippen LogP contribution is 2.32. The van der Waals surface area contributed by atoms with Crippen LogP contribution in [0.5, 0.6) is 0 Å². The van der Waals surface area contributed by atoms with Crippen LogP contribution in [0.25, 0.3) is 0 Å². The Balaban J connectivity index is 2.02. The lowest BCUT2D eigenvalue weighted by Crippen LogP contribution is -2.41. The molecule has 0 spiro atoms. The summed E-state index contributed by atoms with van der Waals surface area (Å²) in [5, 5.41) is 16.9. The SMILES string of the molecule is CNc1ncnc(NCC2(O)CCCC(C)C2)c1C. The van der Waals surface area contributed by atoms with Gasteiger partial charge in [0.1, 0.15) is 18.0 Å². The van der Waals surface area contributed by atoms with Gasteiger partial charge in [0.15, 0.2) is 0 Å². The molecule has 2 rings (SSSR count). The minimum atomic E-state index is -0.602. The Kier molecular flexibility index (Phi) is 4.24. The van der Waals surface area contributed by atoms with Gasteiger partial charge >= 0.3 is 0 Å². The first-order chi connectivity index (χ1) is 9.04. The van der Waals surface area contributed by atoms with Crippen LogP contribution in [0.4, 0.5) is 11.6 Å². The van der Waals surface area contributed by atoms with E-state index in [0.717, 1.165) is 36.5 Å². The third-order valence-corrected chi connectivity index (χ3v) is 3.97. The van der Waals surface area contributed by atoms with E-state index in [1.165, 1.54) is 12.7 Å². The van der Waals surface area contributed by atoms with Crippen molar-refractivity contribution in [2.45, 2.75) is 45.1 Å². The minimum Gasteiger partial charge on any atom is -0.388 e. The second-order valence-corrected chi connectivity index (χ2v) is 5.73. The van der Waals surface area contributed by atoms with E-state index in [-0.39, 0.29) is 0 Å². The number of aliphatic hydroxyl groups is 1. The molecule has 1 aliphatic carbocycles. The Morgan fingerprint density at radius 2 is 2.16 bits per heavy atom. The Morgan fingerprint density at radius 1 is 1.42 bits per heavy atom. The molecule has 2 unspecified atom stereocenters. The molecular formula is C14H24N4O. The van der Waals surface area contributed by atoms with E-state index in [0.29, 0.717) is 12.5 Å². The molecule has 0 bridgehead atoms. The highest BCUT2D eigenvalue weighted by Gasteiger charge is 2.32. The molecule has 1 heterocycles. The zero-order chi connectivity index (χ0) is 13.9. The fraction of sp³-hybridized carbons (Fsp3) is 0.714. The quantitative estimate of drug-likeness (QED) is 0.777. The lowest BCUT2D eigenvalue weighted by molar-refractivity contribution is -0.000834. The first kappa shape index (κ1) is 14.1. The summed E-state index contributed by atoms with van der Waals surface area (Å²) in [5.74, 6) is 2.22. The average molecular weight is 264 g/mol. The molecule has 5 nitrogen and oxygen atoms in total. The van der Waals surface area contributed by atoms with E-state index in [9.17, 15) is 5.11 Å². The van der Waals surface area contributed by atoms with Gasteiger partial charge in [-0.1, -0.05) is 19.8 Å². The second kappa shape index (κ2) is 5.74. The van der Waals surface area contributed by atoms with Crippen LogP contribution >= 0.6 is 0 Å². The molecule has 1 aromatic rings. The van der Waals surface area contributed by atoms with Crippen molar-refractivity contribution in [3.05, 3.63) is 11.9 Å². The van der Waals surface area contributed by atoms with Crippen LogP contribution in [0.1, 0.15) is 38.2 Å². The second-order valence-electron chi connectivity index (χ2n) is 5.73. The molecular weight excluding hydrogens is 240 g/mol. The van der Waals surface area contributed by atoms with Gasteiger partial charge in [0, 0.05) is 19.2 Å². The zero-order valence-electron chi connectivity index (χ0n) is 12.0. The first-order valence-electron chi connectivity index (χ1n) is 7.00. The molecule has 1 aromatic heterocycles. The molecule has 5 heteroatoms. The minimum absolute atomic E-state index is 0.554. The van der Waals surface area contributed by atoms with E-state index < -0.39 is 5.60 Å². The third kappa shape index (κ3) is 3.35. The number of aromatic nitrogens is 2. The van der Waals surface area contributed by atoms with Gasteiger partial charge in [0.05, 0.1) is 5.60 Å². The predicted molar refractivity (Wildman–Crippen MR) is 77.4 cm³/mol. The average Bonchev–Trinajstić information content (AvgIpc) is 2.37. The van der Waals surface area contributed by atoms with Crippen molar-refractivity contribution in [3.63, 3.8) is 0 Å². The third-order valence-electron chi connectivity index (χ3n) is 3.97. The highest BCUT2D eigenvalue weighted by atomic mass is 16.3. The summed E-state index contributed by atoms with van der Waals surface area (Å²) < 4.78 is 0. The Bertz CT molecular complexity index is 437. The Hall–Kier alpha value is -1.36. The van der Waals surface area contributed by atoms with Crippen molar-refractivity contribution < 1.29 is 5.11 Å². The van der Waals surface area contributed by atoms with Crippen LogP contribution in [0.15, 0.2) is 6.33 Å². The largest absolute Gasteiger partial charge is 0.388 e. The van der Waals surface area contributed by atoms with Crippen molar-refractivity contribution >= 4 is 11.6 Å². The van der Waals surface area contributed by atoms with Gasteiger partial charge < -0.3 is 15.7 Å². The molecule has 0 saturated heterocycles. The monoisotopic (exact) mass is 264 g/mol. The molecule has 106 valence electrons. The molecule has 0 radical (unpaired) electrons. The smallest absolute Gasteiger partial charge is 0.134 e. The molecule has 2 atom stereocenters. The molecule has 1 aliphatic rings. The van der Waals surface area contributed by atoms with Gasteiger partial charge in [-0.3, -0.25) is 0 Å². The summed E-state index contributed by atoms with van der Waals surface area (Å²) in [6, 6.07) is 0. The lowest BCUT2D eigenvalue weighted by Gasteiger charge is -2.35. The summed E-state index contributed by atoms with van der Waals surface area (Å²) in [5.41, 5.74) is 0.381. The fourth-order valence-corrected chi connectivity index (χ4v) is 2.92. The number of nitrogens with zero attached hydrogens (tertiary/aromatic N) is 2. The number of nitrogens with one attached hydrogen (secondary N) is 2. The molecule has 19 heavy (non-hydrogen) atoms. The molecule has 0 aliphatic heterocycles. The van der Waals surface area contributed by atoms with Gasteiger partial charge in [-0.05, 0) is 25.7 Å². The van der Waals surface area contributed by atoms with Crippen LogP contribution in [0.3, 0.4) is 0 Å². The van der Waals surface area contributed by atoms with E-state index in [1.54, 1.807) is 0 Å². The number of hydrogen-bond donors (Lipinski definition) is 3. The van der Waals surface area contributed by atoms with Gasteiger partial charge in [-0.2, -0.15) is 0 Å². The number of anilines is 2. The predicted octanol–water partition coefficient (Wildman–Crippen LogP) is 2.18. The maximum absolute atomic E-state index is 10.6. The Labute approximate surface area is 114 Å². The van der Waals surface area contributed by atoms with Gasteiger partial charge in [-0.25, -0.2) is 9.97 Å². The first-order valence-corrected chi connectivity index (χ1v) is 7.00. The molecule has 1 fully saturated rings. The molecule has 3 N–H and O–H groups in total. The van der Waals surface area contributed by atoms with E-state index in [1.807, 2.05) is 14.0 Å². The van der Waals surface area contributed by atoms with Crippen LogP contribution in [-0.2, 0) is 0 Å². The standard InChI is InChI=1S/C14H24N4O/c1-10-5-4-6-14(19,7-10)8-16-13-11(2)12(15-3)17-9-18-13/h9-10,19H,4-8H2,1-3H3,(H2,15,16,17,18). The zero-order valence-corrected chi connectivity index (χ0v) is 12.0. The maximum Gasteiger partial charge on any atom is 0.134 e. The van der Waals surface area contributed by atoms with Crippen molar-refractivity contribution in [2.75, 3.05) is 24.2 Å². The maximum atomic E-state index is 10.6. The van der Waals surface area contributed by atoms with Crippen molar-refractivity contribution in [2.24, 2.45) is 5.92 Å².